The van der Waals surface area contributed by atoms with Crippen LogP contribution in [0.4, 0.5) is 0 Å². The Morgan fingerprint density at radius 3 is 2.50 bits per heavy atom. The number of rotatable bonds is 6. The molecule has 0 heterocycles. The van der Waals surface area contributed by atoms with Crippen molar-refractivity contribution >= 4 is 17.5 Å². The first-order valence-electron chi connectivity index (χ1n) is 8.13. The molecule has 0 aliphatic heterocycles. The second-order valence-corrected chi connectivity index (χ2v) is 5.93. The molecule has 1 N–H and O–H groups in total. The van der Waals surface area contributed by atoms with Gasteiger partial charge in [0.25, 0.3) is 0 Å². The lowest BCUT2D eigenvalue weighted by Crippen LogP contribution is -2.35. The van der Waals surface area contributed by atoms with Crippen molar-refractivity contribution in [2.24, 2.45) is 5.92 Å². The SMILES string of the molecule is CCCCC(=O)C1=C(O)[C@@H](C(=O)OC)[C@H](c2ccccc2)CC1=O. The van der Waals surface area contributed by atoms with Gasteiger partial charge in [0.05, 0.1) is 12.7 Å². The summed E-state index contributed by atoms with van der Waals surface area (Å²) in [4.78, 5) is 37.0. The molecular weight excluding hydrogens is 308 g/mol. The number of esters is 1. The summed E-state index contributed by atoms with van der Waals surface area (Å²) in [5.41, 5.74) is 0.527. The van der Waals surface area contributed by atoms with E-state index >= 15 is 0 Å². The molecule has 1 aliphatic carbocycles. The highest BCUT2D eigenvalue weighted by Gasteiger charge is 2.43. The number of unbranched alkanes of at least 4 members (excludes halogenated alkanes) is 1. The van der Waals surface area contributed by atoms with Gasteiger partial charge in [-0.15, -0.1) is 0 Å². The van der Waals surface area contributed by atoms with Crippen molar-refractivity contribution in [3.05, 3.63) is 47.2 Å². The van der Waals surface area contributed by atoms with E-state index in [0.29, 0.717) is 6.42 Å². The average Bonchev–Trinajstić information content (AvgIpc) is 2.59. The summed E-state index contributed by atoms with van der Waals surface area (Å²) >= 11 is 0. The Labute approximate surface area is 141 Å². The van der Waals surface area contributed by atoms with Crippen LogP contribution in [0.2, 0.25) is 0 Å². The van der Waals surface area contributed by atoms with Crippen LogP contribution in [-0.2, 0) is 19.1 Å². The molecule has 0 saturated carbocycles. The van der Waals surface area contributed by atoms with Crippen LogP contribution in [0.15, 0.2) is 41.7 Å². The minimum Gasteiger partial charge on any atom is -0.510 e. The van der Waals surface area contributed by atoms with Crippen molar-refractivity contribution < 1.29 is 24.2 Å². The van der Waals surface area contributed by atoms with Crippen LogP contribution in [0.5, 0.6) is 0 Å². The molecule has 0 fully saturated rings. The van der Waals surface area contributed by atoms with Crippen molar-refractivity contribution in [3.63, 3.8) is 0 Å². The predicted molar refractivity (Wildman–Crippen MR) is 88.5 cm³/mol. The van der Waals surface area contributed by atoms with Gasteiger partial charge in [0.15, 0.2) is 11.6 Å². The maximum Gasteiger partial charge on any atom is 0.317 e. The van der Waals surface area contributed by atoms with Gasteiger partial charge in [-0.1, -0.05) is 43.7 Å². The minimum atomic E-state index is -1.03. The first kappa shape index (κ1) is 17.9. The van der Waals surface area contributed by atoms with Gasteiger partial charge in [-0.2, -0.15) is 0 Å². The topological polar surface area (TPSA) is 80.7 Å². The number of hydrogen-bond donors (Lipinski definition) is 1. The van der Waals surface area contributed by atoms with E-state index in [1.807, 2.05) is 13.0 Å². The Morgan fingerprint density at radius 2 is 1.92 bits per heavy atom. The molecule has 0 amide bonds. The molecule has 5 heteroatoms. The Hall–Kier alpha value is -2.43. The number of benzene rings is 1. The van der Waals surface area contributed by atoms with E-state index in [9.17, 15) is 19.5 Å². The Bertz CT molecular complexity index is 660. The zero-order chi connectivity index (χ0) is 17.7. The van der Waals surface area contributed by atoms with E-state index in [4.69, 9.17) is 4.74 Å². The molecule has 0 unspecified atom stereocenters. The molecule has 0 bridgehead atoms. The number of ether oxygens (including phenoxy) is 1. The van der Waals surface area contributed by atoms with Gasteiger partial charge < -0.3 is 9.84 Å². The number of hydrogen-bond acceptors (Lipinski definition) is 5. The fourth-order valence-corrected chi connectivity index (χ4v) is 3.08. The van der Waals surface area contributed by atoms with Crippen molar-refractivity contribution in [1.29, 1.82) is 0 Å². The Kier molecular flexibility index (Phi) is 5.90. The van der Waals surface area contributed by atoms with Gasteiger partial charge in [-0.3, -0.25) is 14.4 Å². The summed E-state index contributed by atoms with van der Waals surface area (Å²) in [5, 5.41) is 10.5. The summed E-state index contributed by atoms with van der Waals surface area (Å²) in [6, 6.07) is 9.03. The van der Waals surface area contributed by atoms with Gasteiger partial charge in [0.2, 0.25) is 0 Å². The molecule has 1 aliphatic rings. The molecule has 24 heavy (non-hydrogen) atoms. The second kappa shape index (κ2) is 7.90. The Balaban J connectivity index is 2.46. The molecule has 5 nitrogen and oxygen atoms in total. The summed E-state index contributed by atoms with van der Waals surface area (Å²) < 4.78 is 4.80. The number of carbonyl (C=O) groups is 3. The number of aliphatic hydroxyl groups is 1. The first-order valence-corrected chi connectivity index (χ1v) is 8.13. The molecule has 128 valence electrons. The fraction of sp³-hybridized carbons (Fsp3) is 0.421. The molecule has 0 saturated heterocycles. The number of Topliss-reactive ketones (excluding diaryl/α,β-unsaturated/α-hetero) is 2. The van der Waals surface area contributed by atoms with E-state index in [0.717, 1.165) is 12.0 Å². The first-order chi connectivity index (χ1) is 11.5. The van der Waals surface area contributed by atoms with Crippen LogP contribution in [0.3, 0.4) is 0 Å². The van der Waals surface area contributed by atoms with E-state index in [1.54, 1.807) is 24.3 Å². The normalized spacial score (nSPS) is 20.8. The molecule has 0 spiro atoms. The summed E-state index contributed by atoms with van der Waals surface area (Å²) in [6.07, 6.45) is 1.63. The molecule has 2 atom stereocenters. The molecule has 1 aromatic carbocycles. The van der Waals surface area contributed by atoms with Gasteiger partial charge in [0, 0.05) is 18.8 Å². The van der Waals surface area contributed by atoms with Crippen LogP contribution in [0, 0.1) is 5.92 Å². The van der Waals surface area contributed by atoms with Gasteiger partial charge >= 0.3 is 5.97 Å². The van der Waals surface area contributed by atoms with E-state index in [2.05, 4.69) is 0 Å². The van der Waals surface area contributed by atoms with Crippen molar-refractivity contribution in [2.45, 2.75) is 38.5 Å². The second-order valence-electron chi connectivity index (χ2n) is 5.93. The number of allylic oxidation sites excluding steroid dienone is 1. The number of carbonyl (C=O) groups excluding carboxylic acids is 3. The largest absolute Gasteiger partial charge is 0.510 e. The molecule has 0 radical (unpaired) electrons. The zero-order valence-electron chi connectivity index (χ0n) is 14.0. The quantitative estimate of drug-likeness (QED) is 0.640. The van der Waals surface area contributed by atoms with E-state index < -0.39 is 35.1 Å². The lowest BCUT2D eigenvalue weighted by atomic mass is 9.73. The standard InChI is InChI=1S/C19H22O5/c1-3-4-10-14(20)17-15(21)11-13(12-8-6-5-7-9-12)16(18(17)22)19(23)24-2/h5-9,13,16,22H,3-4,10-11H2,1-2H3/t13-,16-/m0/s1. The minimum absolute atomic E-state index is 0.00103. The van der Waals surface area contributed by atoms with Crippen LogP contribution < -0.4 is 0 Å². The highest BCUT2D eigenvalue weighted by atomic mass is 16.5. The van der Waals surface area contributed by atoms with Gasteiger partial charge in [-0.05, 0) is 12.0 Å². The van der Waals surface area contributed by atoms with Crippen LogP contribution >= 0.6 is 0 Å². The highest BCUT2D eigenvalue weighted by Crippen LogP contribution is 2.40. The van der Waals surface area contributed by atoms with Crippen molar-refractivity contribution in [2.75, 3.05) is 7.11 Å². The monoisotopic (exact) mass is 330 g/mol. The Morgan fingerprint density at radius 1 is 1.25 bits per heavy atom. The lowest BCUT2D eigenvalue weighted by molar-refractivity contribution is -0.146. The van der Waals surface area contributed by atoms with E-state index in [1.165, 1.54) is 7.11 Å². The fourth-order valence-electron chi connectivity index (χ4n) is 3.08. The number of methoxy groups -OCH3 is 1. The molecule has 2 rings (SSSR count). The van der Waals surface area contributed by atoms with Crippen molar-refractivity contribution in [1.82, 2.24) is 0 Å². The predicted octanol–water partition coefficient (Wildman–Crippen LogP) is 3.10. The summed E-state index contributed by atoms with van der Waals surface area (Å²) in [7, 11) is 1.23. The smallest absolute Gasteiger partial charge is 0.317 e. The number of ketones is 2. The van der Waals surface area contributed by atoms with Crippen LogP contribution in [0.25, 0.3) is 0 Å². The third kappa shape index (κ3) is 3.55. The van der Waals surface area contributed by atoms with Crippen molar-refractivity contribution in [3.8, 4) is 0 Å². The van der Waals surface area contributed by atoms with E-state index in [-0.39, 0.29) is 18.4 Å². The lowest BCUT2D eigenvalue weighted by Gasteiger charge is -2.30. The molecular formula is C19H22O5. The maximum atomic E-state index is 12.5. The molecule has 1 aromatic rings. The highest BCUT2D eigenvalue weighted by molar-refractivity contribution is 6.21. The maximum absolute atomic E-state index is 12.5. The third-order valence-electron chi connectivity index (χ3n) is 4.36. The van der Waals surface area contributed by atoms with Crippen LogP contribution in [0.1, 0.15) is 44.1 Å². The summed E-state index contributed by atoms with van der Waals surface area (Å²) in [6.45, 7) is 1.94. The summed E-state index contributed by atoms with van der Waals surface area (Å²) in [5.74, 6) is -3.48. The third-order valence-corrected chi connectivity index (χ3v) is 4.36. The van der Waals surface area contributed by atoms with Gasteiger partial charge in [-0.25, -0.2) is 0 Å². The van der Waals surface area contributed by atoms with Gasteiger partial charge in [0.1, 0.15) is 11.7 Å². The number of aliphatic hydroxyl groups excluding tert-OH is 1. The average molecular weight is 330 g/mol. The van der Waals surface area contributed by atoms with Crippen LogP contribution in [-0.4, -0.2) is 29.8 Å². The molecule has 0 aromatic heterocycles. The zero-order valence-corrected chi connectivity index (χ0v) is 14.0.